The molecule has 0 spiro atoms. The van der Waals surface area contributed by atoms with Crippen molar-refractivity contribution in [3.8, 4) is 5.69 Å². The van der Waals surface area contributed by atoms with Gasteiger partial charge in [0.25, 0.3) is 0 Å². The van der Waals surface area contributed by atoms with Gasteiger partial charge in [0.1, 0.15) is 11.0 Å². The third-order valence-electron chi connectivity index (χ3n) is 2.39. The van der Waals surface area contributed by atoms with Crippen LogP contribution >= 0.6 is 0 Å². The summed E-state index contributed by atoms with van der Waals surface area (Å²) in [6.07, 6.45) is 0. The fraction of sp³-hybridized carbons (Fsp3) is 0. The Balaban J connectivity index is 2.19. The van der Waals surface area contributed by atoms with Gasteiger partial charge in [-0.2, -0.15) is 4.80 Å². The highest BCUT2D eigenvalue weighted by Crippen LogP contribution is 2.13. The zero-order chi connectivity index (χ0) is 11.0. The molecule has 4 heteroatoms. The van der Waals surface area contributed by atoms with Crippen molar-refractivity contribution in [3.63, 3.8) is 0 Å². The average Bonchev–Trinajstić information content (AvgIpc) is 2.72. The summed E-state index contributed by atoms with van der Waals surface area (Å²) in [5.41, 5.74) is 9.06. The van der Waals surface area contributed by atoms with Crippen LogP contribution in [-0.2, 0) is 0 Å². The maximum Gasteiger partial charge on any atom is 0.113 e. The molecular weight excluding hydrogens is 200 g/mol. The zero-order valence-corrected chi connectivity index (χ0v) is 8.54. The van der Waals surface area contributed by atoms with E-state index in [0.29, 0.717) is 5.69 Å². The number of fused-ring (bicyclic) bond motifs is 1. The van der Waals surface area contributed by atoms with E-state index in [0.717, 1.165) is 16.7 Å². The van der Waals surface area contributed by atoms with E-state index in [2.05, 4.69) is 10.2 Å². The molecule has 4 nitrogen and oxygen atoms in total. The summed E-state index contributed by atoms with van der Waals surface area (Å²) >= 11 is 0. The maximum absolute atomic E-state index is 5.72. The molecule has 0 saturated heterocycles. The van der Waals surface area contributed by atoms with E-state index in [1.807, 2.05) is 48.5 Å². The Morgan fingerprint density at radius 1 is 0.875 bits per heavy atom. The molecule has 0 aliphatic carbocycles. The number of rotatable bonds is 1. The average molecular weight is 210 g/mol. The van der Waals surface area contributed by atoms with Gasteiger partial charge in [-0.3, -0.25) is 0 Å². The van der Waals surface area contributed by atoms with Gasteiger partial charge < -0.3 is 5.73 Å². The SMILES string of the molecule is Nc1cccc(-n2nc3ccccc3n2)c1. The minimum Gasteiger partial charge on any atom is -0.399 e. The van der Waals surface area contributed by atoms with Gasteiger partial charge in [0.2, 0.25) is 0 Å². The fourth-order valence-electron chi connectivity index (χ4n) is 1.62. The van der Waals surface area contributed by atoms with Crippen molar-refractivity contribution in [3.05, 3.63) is 48.5 Å². The Kier molecular flexibility index (Phi) is 1.86. The van der Waals surface area contributed by atoms with E-state index >= 15 is 0 Å². The monoisotopic (exact) mass is 210 g/mol. The van der Waals surface area contributed by atoms with E-state index in [9.17, 15) is 0 Å². The van der Waals surface area contributed by atoms with E-state index < -0.39 is 0 Å². The highest BCUT2D eigenvalue weighted by molar-refractivity contribution is 5.73. The van der Waals surface area contributed by atoms with Crippen LogP contribution in [-0.4, -0.2) is 15.0 Å². The van der Waals surface area contributed by atoms with E-state index in [1.54, 1.807) is 4.80 Å². The van der Waals surface area contributed by atoms with Crippen molar-refractivity contribution in [1.82, 2.24) is 15.0 Å². The maximum atomic E-state index is 5.72. The Labute approximate surface area is 92.3 Å². The second-order valence-corrected chi connectivity index (χ2v) is 3.57. The first-order valence-corrected chi connectivity index (χ1v) is 5.01. The summed E-state index contributed by atoms with van der Waals surface area (Å²) < 4.78 is 0. The van der Waals surface area contributed by atoms with Crippen molar-refractivity contribution < 1.29 is 0 Å². The Morgan fingerprint density at radius 2 is 1.56 bits per heavy atom. The van der Waals surface area contributed by atoms with Gasteiger partial charge in [0.15, 0.2) is 0 Å². The van der Waals surface area contributed by atoms with Crippen LogP contribution in [0.2, 0.25) is 0 Å². The lowest BCUT2D eigenvalue weighted by Gasteiger charge is -1.99. The molecule has 78 valence electrons. The topological polar surface area (TPSA) is 56.7 Å². The van der Waals surface area contributed by atoms with Gasteiger partial charge in [-0.1, -0.05) is 18.2 Å². The molecule has 0 aliphatic heterocycles. The van der Waals surface area contributed by atoms with Crippen molar-refractivity contribution in [2.75, 3.05) is 5.73 Å². The second-order valence-electron chi connectivity index (χ2n) is 3.57. The quantitative estimate of drug-likeness (QED) is 0.625. The second kappa shape index (κ2) is 3.34. The summed E-state index contributed by atoms with van der Waals surface area (Å²) in [5, 5.41) is 8.75. The summed E-state index contributed by atoms with van der Waals surface area (Å²) in [7, 11) is 0. The molecular formula is C12H10N4. The van der Waals surface area contributed by atoms with Crippen LogP contribution in [0.1, 0.15) is 0 Å². The number of hydrogen-bond donors (Lipinski definition) is 1. The Hall–Kier alpha value is -2.36. The number of anilines is 1. The fourth-order valence-corrected chi connectivity index (χ4v) is 1.62. The number of nitrogens with two attached hydrogens (primary N) is 1. The van der Waals surface area contributed by atoms with Crippen molar-refractivity contribution in [1.29, 1.82) is 0 Å². The van der Waals surface area contributed by atoms with Gasteiger partial charge in [0, 0.05) is 5.69 Å². The predicted octanol–water partition coefficient (Wildman–Crippen LogP) is 2.00. The molecule has 0 fully saturated rings. The normalized spacial score (nSPS) is 10.8. The van der Waals surface area contributed by atoms with Gasteiger partial charge >= 0.3 is 0 Å². The molecule has 0 bridgehead atoms. The first-order chi connectivity index (χ1) is 7.83. The Bertz CT molecular complexity index is 609. The molecule has 1 aromatic heterocycles. The van der Waals surface area contributed by atoms with E-state index in [-0.39, 0.29) is 0 Å². The van der Waals surface area contributed by atoms with Gasteiger partial charge in [0.05, 0.1) is 5.69 Å². The molecule has 2 N–H and O–H groups in total. The number of benzene rings is 2. The molecule has 0 radical (unpaired) electrons. The van der Waals surface area contributed by atoms with Crippen LogP contribution in [0, 0.1) is 0 Å². The van der Waals surface area contributed by atoms with Crippen LogP contribution in [0.5, 0.6) is 0 Å². The third-order valence-corrected chi connectivity index (χ3v) is 2.39. The van der Waals surface area contributed by atoms with Crippen LogP contribution in [0.15, 0.2) is 48.5 Å². The van der Waals surface area contributed by atoms with Gasteiger partial charge in [-0.15, -0.1) is 10.2 Å². The highest BCUT2D eigenvalue weighted by Gasteiger charge is 2.03. The molecule has 3 rings (SSSR count). The lowest BCUT2D eigenvalue weighted by Crippen LogP contribution is -1.99. The largest absolute Gasteiger partial charge is 0.399 e. The minimum absolute atomic E-state index is 0.707. The molecule has 16 heavy (non-hydrogen) atoms. The minimum atomic E-state index is 0.707. The standard InChI is InChI=1S/C12H10N4/c13-9-4-3-5-10(8-9)16-14-11-6-1-2-7-12(11)15-16/h1-8H,13H2. The molecule has 1 heterocycles. The zero-order valence-electron chi connectivity index (χ0n) is 8.54. The molecule has 3 aromatic rings. The third kappa shape index (κ3) is 1.40. The van der Waals surface area contributed by atoms with Crippen LogP contribution in [0.25, 0.3) is 16.7 Å². The smallest absolute Gasteiger partial charge is 0.113 e. The number of nitrogen functional groups attached to an aromatic ring is 1. The Morgan fingerprint density at radius 3 is 2.19 bits per heavy atom. The lowest BCUT2D eigenvalue weighted by atomic mass is 10.3. The molecule has 0 saturated carbocycles. The summed E-state index contributed by atoms with van der Waals surface area (Å²) in [6, 6.07) is 15.3. The van der Waals surface area contributed by atoms with Crippen molar-refractivity contribution >= 4 is 16.7 Å². The summed E-state index contributed by atoms with van der Waals surface area (Å²) in [6.45, 7) is 0. The molecule has 0 aliphatic rings. The predicted molar refractivity (Wildman–Crippen MR) is 63.3 cm³/mol. The first-order valence-electron chi connectivity index (χ1n) is 5.01. The molecule has 0 unspecified atom stereocenters. The summed E-state index contributed by atoms with van der Waals surface area (Å²) in [5.74, 6) is 0. The van der Waals surface area contributed by atoms with Crippen LogP contribution in [0.4, 0.5) is 5.69 Å². The molecule has 0 atom stereocenters. The highest BCUT2D eigenvalue weighted by atomic mass is 15.5. The van der Waals surface area contributed by atoms with E-state index in [1.165, 1.54) is 0 Å². The first kappa shape index (κ1) is 8.91. The van der Waals surface area contributed by atoms with E-state index in [4.69, 9.17) is 5.73 Å². The van der Waals surface area contributed by atoms with Gasteiger partial charge in [-0.05, 0) is 30.3 Å². The number of nitrogens with zero attached hydrogens (tertiary/aromatic N) is 3. The lowest BCUT2D eigenvalue weighted by molar-refractivity contribution is 0.766. The van der Waals surface area contributed by atoms with Crippen LogP contribution < -0.4 is 5.73 Å². The van der Waals surface area contributed by atoms with Gasteiger partial charge in [-0.25, -0.2) is 0 Å². The molecule has 2 aromatic carbocycles. The molecule has 0 amide bonds. The number of aromatic nitrogens is 3. The van der Waals surface area contributed by atoms with Crippen LogP contribution in [0.3, 0.4) is 0 Å². The number of hydrogen-bond acceptors (Lipinski definition) is 3. The van der Waals surface area contributed by atoms with Crippen molar-refractivity contribution in [2.24, 2.45) is 0 Å². The van der Waals surface area contributed by atoms with Crippen molar-refractivity contribution in [2.45, 2.75) is 0 Å². The summed E-state index contributed by atoms with van der Waals surface area (Å²) in [4.78, 5) is 1.60.